The minimum atomic E-state index is -1.78. The third-order valence-electron chi connectivity index (χ3n) is 7.46. The number of aryl methyl sites for hydroxylation is 1. The van der Waals surface area contributed by atoms with Crippen LogP contribution in [-0.2, 0) is 28.2 Å². The molecule has 0 unspecified atom stereocenters. The number of hydrogen-bond donors (Lipinski definition) is 2. The molecule has 5 rings (SSSR count). The normalized spacial score (nSPS) is 19.6. The van der Waals surface area contributed by atoms with Crippen LogP contribution in [0.5, 0.6) is 5.75 Å². The standard InChI is InChI=1S/C31H32N2O5/c1-21(8-5-6-17-34)31(37)26-19-25(38-2)14-15-28(26)32(30(31)36)20-22-9-7-11-24(18-22)33-27-12-4-3-10-23(27)13-16-29(33)35/h3-5,7-12,14-15,18-19,21,34,37H,6,13,16-17,20H2,1-2H3/b8-5+/t21-,31+/m1/s1. The number of hydrogen-bond acceptors (Lipinski definition) is 5. The molecule has 2 N–H and O–H groups in total. The van der Waals surface area contributed by atoms with E-state index in [0.29, 0.717) is 29.8 Å². The first-order chi connectivity index (χ1) is 18.4. The highest BCUT2D eigenvalue weighted by Gasteiger charge is 2.52. The molecule has 0 aliphatic carbocycles. The fraction of sp³-hybridized carbons (Fsp3) is 0.290. The fourth-order valence-electron chi connectivity index (χ4n) is 5.41. The van der Waals surface area contributed by atoms with Crippen LogP contribution in [0.15, 0.2) is 78.9 Å². The van der Waals surface area contributed by atoms with Crippen molar-refractivity contribution in [2.45, 2.75) is 38.3 Å². The number of amides is 2. The van der Waals surface area contributed by atoms with Crippen LogP contribution < -0.4 is 14.5 Å². The van der Waals surface area contributed by atoms with Crippen molar-refractivity contribution in [3.63, 3.8) is 0 Å². The van der Waals surface area contributed by atoms with E-state index < -0.39 is 17.4 Å². The fourth-order valence-corrected chi connectivity index (χ4v) is 5.41. The number of anilines is 3. The van der Waals surface area contributed by atoms with E-state index in [0.717, 1.165) is 28.9 Å². The number of methoxy groups -OCH3 is 1. The number of benzene rings is 3. The van der Waals surface area contributed by atoms with Gasteiger partial charge in [-0.1, -0.05) is 49.4 Å². The Morgan fingerprint density at radius 3 is 2.63 bits per heavy atom. The van der Waals surface area contributed by atoms with Gasteiger partial charge in [0.25, 0.3) is 5.91 Å². The lowest BCUT2D eigenvalue weighted by Crippen LogP contribution is -2.44. The maximum Gasteiger partial charge on any atom is 0.264 e. The first-order valence-corrected chi connectivity index (χ1v) is 12.9. The van der Waals surface area contributed by atoms with Gasteiger partial charge in [-0.15, -0.1) is 0 Å². The molecule has 3 aromatic rings. The van der Waals surface area contributed by atoms with Gasteiger partial charge in [-0.05, 0) is 60.4 Å². The van der Waals surface area contributed by atoms with Crippen molar-refractivity contribution in [1.29, 1.82) is 0 Å². The third-order valence-corrected chi connectivity index (χ3v) is 7.46. The third kappa shape index (κ3) is 4.38. The van der Waals surface area contributed by atoms with Crippen molar-refractivity contribution < 1.29 is 24.5 Å². The van der Waals surface area contributed by atoms with E-state index in [4.69, 9.17) is 9.84 Å². The molecule has 0 saturated carbocycles. The smallest absolute Gasteiger partial charge is 0.264 e. The van der Waals surface area contributed by atoms with Gasteiger partial charge in [-0.3, -0.25) is 14.5 Å². The highest BCUT2D eigenvalue weighted by atomic mass is 16.5. The number of para-hydroxylation sites is 1. The zero-order valence-corrected chi connectivity index (χ0v) is 21.6. The Hall–Kier alpha value is -3.94. The Labute approximate surface area is 222 Å². The van der Waals surface area contributed by atoms with E-state index in [1.54, 1.807) is 54.2 Å². The maximum absolute atomic E-state index is 13.9. The Bertz CT molecular complexity index is 1400. The summed E-state index contributed by atoms with van der Waals surface area (Å²) in [5.41, 5.74) is 2.91. The molecule has 0 saturated heterocycles. The van der Waals surface area contributed by atoms with Crippen molar-refractivity contribution in [1.82, 2.24) is 0 Å². The second-order valence-corrected chi connectivity index (χ2v) is 9.80. The zero-order valence-electron chi connectivity index (χ0n) is 21.6. The molecule has 2 aliphatic rings. The van der Waals surface area contributed by atoms with E-state index in [1.165, 1.54) is 0 Å². The number of fused-ring (bicyclic) bond motifs is 2. The summed E-state index contributed by atoms with van der Waals surface area (Å²) < 4.78 is 5.39. The van der Waals surface area contributed by atoms with Gasteiger partial charge in [0.2, 0.25) is 5.91 Å². The highest BCUT2D eigenvalue weighted by molar-refractivity contribution is 6.07. The molecule has 2 aliphatic heterocycles. The molecule has 2 atom stereocenters. The predicted molar refractivity (Wildman–Crippen MR) is 146 cm³/mol. The van der Waals surface area contributed by atoms with Crippen LogP contribution in [0.1, 0.15) is 36.5 Å². The number of aliphatic hydroxyl groups is 2. The second-order valence-electron chi connectivity index (χ2n) is 9.80. The Balaban J connectivity index is 1.50. The van der Waals surface area contributed by atoms with Crippen LogP contribution in [0.4, 0.5) is 17.1 Å². The number of aliphatic hydroxyl groups excluding tert-OH is 1. The van der Waals surface area contributed by atoms with Crippen molar-refractivity contribution >= 4 is 28.9 Å². The topological polar surface area (TPSA) is 90.3 Å². The van der Waals surface area contributed by atoms with Gasteiger partial charge in [0.15, 0.2) is 5.60 Å². The van der Waals surface area contributed by atoms with Gasteiger partial charge in [-0.2, -0.15) is 0 Å². The van der Waals surface area contributed by atoms with Crippen molar-refractivity contribution in [3.05, 3.63) is 95.6 Å². The van der Waals surface area contributed by atoms with Gasteiger partial charge in [0.05, 0.1) is 25.0 Å². The lowest BCUT2D eigenvalue weighted by Gasteiger charge is -2.30. The van der Waals surface area contributed by atoms with Crippen LogP contribution in [0, 0.1) is 5.92 Å². The van der Waals surface area contributed by atoms with Gasteiger partial charge in [0.1, 0.15) is 5.75 Å². The first kappa shape index (κ1) is 25.7. The van der Waals surface area contributed by atoms with E-state index >= 15 is 0 Å². The molecular formula is C31H32N2O5. The van der Waals surface area contributed by atoms with Crippen LogP contribution in [0.3, 0.4) is 0 Å². The summed E-state index contributed by atoms with van der Waals surface area (Å²) in [6.45, 7) is 2.01. The quantitative estimate of drug-likeness (QED) is 0.430. The van der Waals surface area contributed by atoms with Crippen LogP contribution in [-0.4, -0.2) is 35.7 Å². The SMILES string of the molecule is COc1ccc2c(c1)[C@@](O)([C@H](C)/C=C/CCO)C(=O)N2Cc1cccc(N2C(=O)CCc3ccccc32)c1. The van der Waals surface area contributed by atoms with E-state index in [1.807, 2.05) is 48.5 Å². The first-order valence-electron chi connectivity index (χ1n) is 12.9. The van der Waals surface area contributed by atoms with Gasteiger partial charge >= 0.3 is 0 Å². The largest absolute Gasteiger partial charge is 0.497 e. The van der Waals surface area contributed by atoms with Gasteiger partial charge in [-0.25, -0.2) is 0 Å². The van der Waals surface area contributed by atoms with E-state index in [2.05, 4.69) is 0 Å². The average molecular weight is 513 g/mol. The molecule has 2 amide bonds. The molecule has 38 heavy (non-hydrogen) atoms. The monoisotopic (exact) mass is 512 g/mol. The molecule has 0 fully saturated rings. The summed E-state index contributed by atoms with van der Waals surface area (Å²) in [5, 5.41) is 21.0. The molecule has 2 heterocycles. The average Bonchev–Trinajstić information content (AvgIpc) is 3.15. The molecule has 0 radical (unpaired) electrons. The van der Waals surface area contributed by atoms with E-state index in [9.17, 15) is 14.7 Å². The Morgan fingerprint density at radius 1 is 1.03 bits per heavy atom. The van der Waals surface area contributed by atoms with Gasteiger partial charge < -0.3 is 19.8 Å². The minimum absolute atomic E-state index is 0.00747. The summed E-state index contributed by atoms with van der Waals surface area (Å²) in [6.07, 6.45) is 5.14. The van der Waals surface area contributed by atoms with Crippen molar-refractivity contribution in [2.24, 2.45) is 5.92 Å². The molecule has 0 spiro atoms. The maximum atomic E-state index is 13.9. The zero-order chi connectivity index (χ0) is 26.9. The molecule has 0 aromatic heterocycles. The Kier molecular flexibility index (Phi) is 7.06. The van der Waals surface area contributed by atoms with Gasteiger partial charge in [0, 0.05) is 30.2 Å². The highest BCUT2D eigenvalue weighted by Crippen LogP contribution is 2.47. The van der Waals surface area contributed by atoms with Crippen LogP contribution >= 0.6 is 0 Å². The predicted octanol–water partition coefficient (Wildman–Crippen LogP) is 4.62. The molecule has 0 bridgehead atoms. The lowest BCUT2D eigenvalue weighted by molar-refractivity contribution is -0.139. The van der Waals surface area contributed by atoms with Crippen molar-refractivity contribution in [2.75, 3.05) is 23.5 Å². The summed E-state index contributed by atoms with van der Waals surface area (Å²) in [6, 6.07) is 20.8. The lowest BCUT2D eigenvalue weighted by atomic mass is 9.83. The number of carbonyl (C=O) groups is 2. The molecule has 3 aromatic carbocycles. The molecule has 7 nitrogen and oxygen atoms in total. The molecule has 196 valence electrons. The summed E-state index contributed by atoms with van der Waals surface area (Å²) in [5.74, 6) is -0.376. The minimum Gasteiger partial charge on any atom is -0.497 e. The van der Waals surface area contributed by atoms with E-state index in [-0.39, 0.29) is 19.1 Å². The molecular weight excluding hydrogens is 480 g/mol. The summed E-state index contributed by atoms with van der Waals surface area (Å²) in [4.78, 5) is 30.1. The summed E-state index contributed by atoms with van der Waals surface area (Å²) >= 11 is 0. The number of rotatable bonds is 8. The Morgan fingerprint density at radius 2 is 1.84 bits per heavy atom. The molecule has 7 heteroatoms. The van der Waals surface area contributed by atoms with Crippen LogP contribution in [0.2, 0.25) is 0 Å². The van der Waals surface area contributed by atoms with Crippen LogP contribution in [0.25, 0.3) is 0 Å². The second kappa shape index (κ2) is 10.4. The summed E-state index contributed by atoms with van der Waals surface area (Å²) in [7, 11) is 1.55. The van der Waals surface area contributed by atoms with Crippen molar-refractivity contribution in [3.8, 4) is 5.75 Å². The number of carbonyl (C=O) groups excluding carboxylic acids is 2. The number of ether oxygens (including phenoxy) is 1. The number of nitrogens with zero attached hydrogens (tertiary/aromatic N) is 2.